The van der Waals surface area contributed by atoms with Gasteiger partial charge in [-0.3, -0.25) is 0 Å². The van der Waals surface area contributed by atoms with Crippen LogP contribution in [0.25, 0.3) is 0 Å². The number of nitrogens with zero attached hydrogens (tertiary/aromatic N) is 1. The number of rotatable bonds is 7. The zero-order valence-corrected chi connectivity index (χ0v) is 13.9. The van der Waals surface area contributed by atoms with Gasteiger partial charge in [-0.25, -0.2) is 0 Å². The highest BCUT2D eigenvalue weighted by Gasteiger charge is 2.13. The van der Waals surface area contributed by atoms with Gasteiger partial charge in [-0.1, -0.05) is 22.9 Å². The fourth-order valence-electron chi connectivity index (χ4n) is 1.95. The van der Waals surface area contributed by atoms with Gasteiger partial charge in [0.25, 0.3) is 0 Å². The molecule has 1 unspecified atom stereocenters. The molecule has 0 saturated carbocycles. The third-order valence-corrected chi connectivity index (χ3v) is 4.00. The highest BCUT2D eigenvalue weighted by Crippen LogP contribution is 2.29. The molecule has 0 spiro atoms. The number of halogens is 1. The normalized spacial score (nSPS) is 13.2. The molecule has 0 aromatic heterocycles. The van der Waals surface area contributed by atoms with Crippen molar-refractivity contribution in [3.8, 4) is 5.75 Å². The first-order valence-electron chi connectivity index (χ1n) is 6.87. The highest BCUT2D eigenvalue weighted by atomic mass is 79.9. The summed E-state index contributed by atoms with van der Waals surface area (Å²) in [7, 11) is 2.13. The number of aromatic hydroxyl groups is 1. The molecule has 0 fully saturated rings. The lowest BCUT2D eigenvalue weighted by molar-refractivity contribution is 0.268. The summed E-state index contributed by atoms with van der Waals surface area (Å²) in [5, 5.41) is 13.5. The Balaban J connectivity index is 2.61. The minimum absolute atomic E-state index is 0.193. The molecular weight excluding hydrogens is 304 g/mol. The molecule has 3 nitrogen and oxygen atoms in total. The Hall–Kier alpha value is -0.580. The van der Waals surface area contributed by atoms with Crippen LogP contribution in [-0.2, 0) is 0 Å². The quantitative estimate of drug-likeness (QED) is 0.803. The van der Waals surface area contributed by atoms with Crippen LogP contribution < -0.4 is 5.32 Å². The van der Waals surface area contributed by atoms with E-state index in [0.717, 1.165) is 29.5 Å². The maximum atomic E-state index is 9.96. The monoisotopic (exact) mass is 328 g/mol. The van der Waals surface area contributed by atoms with Crippen molar-refractivity contribution in [1.29, 1.82) is 0 Å². The lowest BCUT2D eigenvalue weighted by Gasteiger charge is -2.24. The lowest BCUT2D eigenvalue weighted by atomic mass is 10.0. The Bertz CT molecular complexity index is 396. The molecule has 0 aliphatic rings. The van der Waals surface area contributed by atoms with Crippen LogP contribution >= 0.6 is 15.9 Å². The summed E-state index contributed by atoms with van der Waals surface area (Å²) in [5.41, 5.74) is 0.962. The molecule has 19 heavy (non-hydrogen) atoms. The predicted molar refractivity (Wildman–Crippen MR) is 84.6 cm³/mol. The van der Waals surface area contributed by atoms with Gasteiger partial charge in [0, 0.05) is 35.2 Å². The van der Waals surface area contributed by atoms with E-state index in [2.05, 4.69) is 54.0 Å². The molecule has 0 bridgehead atoms. The van der Waals surface area contributed by atoms with Crippen molar-refractivity contribution in [3.63, 3.8) is 0 Å². The van der Waals surface area contributed by atoms with Crippen molar-refractivity contribution in [3.05, 3.63) is 28.2 Å². The predicted octanol–water partition coefficient (Wildman–Crippen LogP) is 3.54. The number of hydrogen-bond donors (Lipinski definition) is 2. The third-order valence-electron chi connectivity index (χ3n) is 3.51. The van der Waals surface area contributed by atoms with Crippen molar-refractivity contribution in [2.75, 3.05) is 20.1 Å². The van der Waals surface area contributed by atoms with Gasteiger partial charge in [0.15, 0.2) is 0 Å². The maximum Gasteiger partial charge on any atom is 0.120 e. The SMILES string of the molecule is CCC(NCCN(C)C(C)C)c1cc(Br)ccc1O. The van der Waals surface area contributed by atoms with E-state index in [-0.39, 0.29) is 6.04 Å². The first-order valence-corrected chi connectivity index (χ1v) is 7.67. The van der Waals surface area contributed by atoms with E-state index >= 15 is 0 Å². The summed E-state index contributed by atoms with van der Waals surface area (Å²) >= 11 is 3.46. The fourth-order valence-corrected chi connectivity index (χ4v) is 2.33. The van der Waals surface area contributed by atoms with Gasteiger partial charge in [0.05, 0.1) is 0 Å². The molecule has 2 N–H and O–H groups in total. The molecule has 1 atom stereocenters. The highest BCUT2D eigenvalue weighted by molar-refractivity contribution is 9.10. The van der Waals surface area contributed by atoms with Crippen LogP contribution in [0.15, 0.2) is 22.7 Å². The van der Waals surface area contributed by atoms with Crippen molar-refractivity contribution < 1.29 is 5.11 Å². The number of hydrogen-bond acceptors (Lipinski definition) is 3. The van der Waals surface area contributed by atoms with Crippen LogP contribution in [0.5, 0.6) is 5.75 Å². The number of phenolic OH excluding ortho intramolecular Hbond substituents is 1. The topological polar surface area (TPSA) is 35.5 Å². The molecular formula is C15H25BrN2O. The van der Waals surface area contributed by atoms with Crippen molar-refractivity contribution in [2.45, 2.75) is 39.3 Å². The Morgan fingerprint density at radius 3 is 2.63 bits per heavy atom. The van der Waals surface area contributed by atoms with Crippen LogP contribution in [-0.4, -0.2) is 36.2 Å². The number of likely N-dealkylation sites (N-methyl/N-ethyl adjacent to an activating group) is 1. The van der Waals surface area contributed by atoms with Gasteiger partial charge in [-0.15, -0.1) is 0 Å². The zero-order chi connectivity index (χ0) is 14.4. The number of nitrogens with one attached hydrogen (secondary N) is 1. The molecule has 4 heteroatoms. The van der Waals surface area contributed by atoms with Crippen molar-refractivity contribution in [2.24, 2.45) is 0 Å². The van der Waals surface area contributed by atoms with Crippen LogP contribution in [0.4, 0.5) is 0 Å². The van der Waals surface area contributed by atoms with E-state index in [1.165, 1.54) is 0 Å². The van der Waals surface area contributed by atoms with Crippen LogP contribution in [0.2, 0.25) is 0 Å². The summed E-state index contributed by atoms with van der Waals surface area (Å²) in [4.78, 5) is 2.31. The van der Waals surface area contributed by atoms with Crippen LogP contribution in [0, 0.1) is 0 Å². The Labute approximate surface area is 125 Å². The van der Waals surface area contributed by atoms with Crippen LogP contribution in [0.1, 0.15) is 38.8 Å². The van der Waals surface area contributed by atoms with E-state index in [9.17, 15) is 5.11 Å². The fraction of sp³-hybridized carbons (Fsp3) is 0.600. The van der Waals surface area contributed by atoms with Gasteiger partial charge in [0.2, 0.25) is 0 Å². The Morgan fingerprint density at radius 2 is 2.05 bits per heavy atom. The van der Waals surface area contributed by atoms with E-state index in [4.69, 9.17) is 0 Å². The molecule has 0 heterocycles. The first kappa shape index (κ1) is 16.5. The first-order chi connectivity index (χ1) is 8.95. The van der Waals surface area contributed by atoms with Crippen LogP contribution in [0.3, 0.4) is 0 Å². The summed E-state index contributed by atoms with van der Waals surface area (Å²) < 4.78 is 1.000. The zero-order valence-electron chi connectivity index (χ0n) is 12.3. The number of phenols is 1. The molecule has 0 radical (unpaired) electrons. The molecule has 0 saturated heterocycles. The van der Waals surface area contributed by atoms with Crippen molar-refractivity contribution >= 4 is 15.9 Å². The maximum absolute atomic E-state index is 9.96. The largest absolute Gasteiger partial charge is 0.508 e. The average Bonchev–Trinajstić information content (AvgIpc) is 2.37. The molecule has 0 amide bonds. The second-order valence-corrected chi connectivity index (χ2v) is 6.11. The standard InChI is InChI=1S/C15H25BrN2O/c1-5-14(17-8-9-18(4)11(2)3)13-10-12(16)6-7-15(13)19/h6-7,10-11,14,17,19H,5,8-9H2,1-4H3. The van der Waals surface area contributed by atoms with E-state index in [1.807, 2.05) is 12.1 Å². The van der Waals surface area contributed by atoms with Gasteiger partial charge in [0.1, 0.15) is 5.75 Å². The summed E-state index contributed by atoms with van der Waals surface area (Å²) in [5.74, 6) is 0.361. The third kappa shape index (κ3) is 5.13. The van der Waals surface area contributed by atoms with Gasteiger partial charge >= 0.3 is 0 Å². The molecule has 1 rings (SSSR count). The average molecular weight is 329 g/mol. The van der Waals surface area contributed by atoms with Gasteiger partial charge in [-0.05, 0) is 45.5 Å². The minimum atomic E-state index is 0.193. The second kappa shape index (κ2) is 7.88. The Morgan fingerprint density at radius 1 is 1.37 bits per heavy atom. The molecule has 0 aliphatic carbocycles. The van der Waals surface area contributed by atoms with Gasteiger partial charge in [-0.2, -0.15) is 0 Å². The molecule has 0 aliphatic heterocycles. The molecule has 1 aromatic rings. The minimum Gasteiger partial charge on any atom is -0.508 e. The van der Waals surface area contributed by atoms with E-state index in [1.54, 1.807) is 6.07 Å². The van der Waals surface area contributed by atoms with E-state index < -0.39 is 0 Å². The number of benzene rings is 1. The molecule has 108 valence electrons. The summed E-state index contributed by atoms with van der Waals surface area (Å²) in [6.45, 7) is 8.43. The van der Waals surface area contributed by atoms with E-state index in [0.29, 0.717) is 11.8 Å². The molecule has 1 aromatic carbocycles. The smallest absolute Gasteiger partial charge is 0.120 e. The Kier molecular flexibility index (Phi) is 6.83. The van der Waals surface area contributed by atoms with Gasteiger partial charge < -0.3 is 15.3 Å². The van der Waals surface area contributed by atoms with Crippen molar-refractivity contribution in [1.82, 2.24) is 10.2 Å². The lowest BCUT2D eigenvalue weighted by Crippen LogP contribution is -2.35. The second-order valence-electron chi connectivity index (χ2n) is 5.19. The summed E-state index contributed by atoms with van der Waals surface area (Å²) in [6.07, 6.45) is 0.954. The summed E-state index contributed by atoms with van der Waals surface area (Å²) in [6, 6.07) is 6.34.